The summed E-state index contributed by atoms with van der Waals surface area (Å²) in [6.07, 6.45) is 0. The van der Waals surface area contributed by atoms with Gasteiger partial charge in [0.1, 0.15) is 6.04 Å². The topological polar surface area (TPSA) is 72.5 Å². The maximum absolute atomic E-state index is 12.0. The van der Waals surface area contributed by atoms with Crippen molar-refractivity contribution < 1.29 is 17.9 Å². The summed E-state index contributed by atoms with van der Waals surface area (Å²) in [5.41, 5.74) is 1.06. The fourth-order valence-corrected chi connectivity index (χ4v) is 2.75. The molecule has 0 radical (unpaired) electrons. The van der Waals surface area contributed by atoms with E-state index in [0.29, 0.717) is 5.92 Å². The summed E-state index contributed by atoms with van der Waals surface area (Å²) in [5.74, 6) is -0.291. The largest absolute Gasteiger partial charge is 0.468 e. The molecule has 1 atom stereocenters. The third-order valence-corrected chi connectivity index (χ3v) is 4.30. The van der Waals surface area contributed by atoms with Crippen molar-refractivity contribution in [3.8, 4) is 0 Å². The molecule has 0 bridgehead atoms. The van der Waals surface area contributed by atoms with Crippen LogP contribution in [-0.2, 0) is 19.6 Å². The minimum Gasteiger partial charge on any atom is -0.468 e. The number of nitrogens with one attached hydrogen (secondary N) is 1. The summed E-state index contributed by atoms with van der Waals surface area (Å²) in [7, 11) is -2.50. The number of methoxy groups -OCH3 is 1. The Kier molecular flexibility index (Phi) is 5.08. The lowest BCUT2D eigenvalue weighted by Gasteiger charge is -2.13. The maximum atomic E-state index is 12.0. The Balaban J connectivity index is 2.91. The van der Waals surface area contributed by atoms with Crippen molar-refractivity contribution >= 4 is 16.0 Å². The van der Waals surface area contributed by atoms with Crippen LogP contribution in [0, 0.1) is 0 Å². The van der Waals surface area contributed by atoms with E-state index < -0.39 is 22.0 Å². The van der Waals surface area contributed by atoms with Crippen LogP contribution in [0.25, 0.3) is 0 Å². The summed E-state index contributed by atoms with van der Waals surface area (Å²) < 4.78 is 30.8. The molecule has 0 saturated carbocycles. The number of hydrogen-bond donors (Lipinski definition) is 1. The number of benzene rings is 1. The summed E-state index contributed by atoms with van der Waals surface area (Å²) >= 11 is 0. The van der Waals surface area contributed by atoms with Gasteiger partial charge >= 0.3 is 5.97 Å². The van der Waals surface area contributed by atoms with E-state index in [1.165, 1.54) is 26.2 Å². The zero-order valence-electron chi connectivity index (χ0n) is 11.5. The standard InChI is InChI=1S/C13H19NO4S/c1-9(2)11-5-7-12(8-6-11)19(16,17)14-10(3)13(15)18-4/h5-10,14H,1-4H3/t10-/m1/s1. The molecule has 0 spiro atoms. The summed E-state index contributed by atoms with van der Waals surface area (Å²) in [5, 5.41) is 0. The van der Waals surface area contributed by atoms with Gasteiger partial charge in [-0.1, -0.05) is 26.0 Å². The smallest absolute Gasteiger partial charge is 0.323 e. The minimum atomic E-state index is -3.71. The van der Waals surface area contributed by atoms with Crippen molar-refractivity contribution in [3.63, 3.8) is 0 Å². The molecule has 0 saturated heterocycles. The number of sulfonamides is 1. The van der Waals surface area contributed by atoms with Crippen LogP contribution >= 0.6 is 0 Å². The Labute approximate surface area is 114 Å². The fraction of sp³-hybridized carbons (Fsp3) is 0.462. The van der Waals surface area contributed by atoms with Crippen molar-refractivity contribution in [2.75, 3.05) is 7.11 Å². The van der Waals surface area contributed by atoms with E-state index in [4.69, 9.17) is 0 Å². The number of rotatable bonds is 5. The molecule has 0 aliphatic rings. The highest BCUT2D eigenvalue weighted by molar-refractivity contribution is 7.89. The van der Waals surface area contributed by atoms with E-state index in [-0.39, 0.29) is 4.90 Å². The Morgan fingerprint density at radius 2 is 1.68 bits per heavy atom. The van der Waals surface area contributed by atoms with E-state index >= 15 is 0 Å². The van der Waals surface area contributed by atoms with Crippen LogP contribution in [0.15, 0.2) is 29.2 Å². The average Bonchev–Trinajstić information content (AvgIpc) is 2.37. The normalized spacial score (nSPS) is 13.3. The molecule has 1 aromatic rings. The molecule has 1 rings (SSSR count). The van der Waals surface area contributed by atoms with Gasteiger partial charge in [-0.2, -0.15) is 4.72 Å². The van der Waals surface area contributed by atoms with Crippen LogP contribution in [0.2, 0.25) is 0 Å². The molecule has 19 heavy (non-hydrogen) atoms. The second-order valence-electron chi connectivity index (χ2n) is 4.59. The molecule has 5 nitrogen and oxygen atoms in total. The molecule has 106 valence electrons. The highest BCUT2D eigenvalue weighted by Gasteiger charge is 2.22. The molecule has 1 N–H and O–H groups in total. The van der Waals surface area contributed by atoms with Gasteiger partial charge in [-0.3, -0.25) is 4.79 Å². The van der Waals surface area contributed by atoms with Crippen molar-refractivity contribution in [1.29, 1.82) is 0 Å². The van der Waals surface area contributed by atoms with E-state index in [1.807, 2.05) is 13.8 Å². The Morgan fingerprint density at radius 1 is 1.16 bits per heavy atom. The Bertz CT molecular complexity index is 534. The summed E-state index contributed by atoms with van der Waals surface area (Å²) in [6.45, 7) is 5.49. The van der Waals surface area contributed by atoms with Crippen molar-refractivity contribution in [1.82, 2.24) is 4.72 Å². The third kappa shape index (κ3) is 4.04. The molecule has 0 fully saturated rings. The first-order valence-electron chi connectivity index (χ1n) is 5.98. The Hall–Kier alpha value is -1.40. The second-order valence-corrected chi connectivity index (χ2v) is 6.30. The lowest BCUT2D eigenvalue weighted by molar-refractivity contribution is -0.142. The van der Waals surface area contributed by atoms with Gasteiger partial charge in [-0.25, -0.2) is 8.42 Å². The predicted octanol–water partition coefficient (Wildman–Crippen LogP) is 1.65. The lowest BCUT2D eigenvalue weighted by atomic mass is 10.0. The molecular weight excluding hydrogens is 266 g/mol. The zero-order valence-corrected chi connectivity index (χ0v) is 12.3. The van der Waals surface area contributed by atoms with Gasteiger partial charge in [-0.05, 0) is 30.5 Å². The number of esters is 1. The molecular formula is C13H19NO4S. The SMILES string of the molecule is COC(=O)[C@@H](C)NS(=O)(=O)c1ccc(C(C)C)cc1. The van der Waals surface area contributed by atoms with Crippen molar-refractivity contribution in [3.05, 3.63) is 29.8 Å². The quantitative estimate of drug-likeness (QED) is 0.835. The average molecular weight is 285 g/mol. The second kappa shape index (κ2) is 6.16. The van der Waals surface area contributed by atoms with E-state index in [1.54, 1.807) is 12.1 Å². The molecule has 1 aromatic carbocycles. The van der Waals surface area contributed by atoms with Gasteiger partial charge in [0.05, 0.1) is 12.0 Å². The molecule has 0 aliphatic carbocycles. The number of ether oxygens (including phenoxy) is 1. The number of carbonyl (C=O) groups excluding carboxylic acids is 1. The monoisotopic (exact) mass is 285 g/mol. The van der Waals surface area contributed by atoms with Crippen molar-refractivity contribution in [2.45, 2.75) is 37.6 Å². The van der Waals surface area contributed by atoms with Crippen LogP contribution < -0.4 is 4.72 Å². The molecule has 0 aliphatic heterocycles. The number of hydrogen-bond acceptors (Lipinski definition) is 4. The number of carbonyl (C=O) groups is 1. The van der Waals surface area contributed by atoms with Crippen LogP contribution in [0.1, 0.15) is 32.3 Å². The van der Waals surface area contributed by atoms with Gasteiger partial charge in [0.25, 0.3) is 0 Å². The predicted molar refractivity (Wildman–Crippen MR) is 72.3 cm³/mol. The van der Waals surface area contributed by atoms with E-state index in [0.717, 1.165) is 5.56 Å². The molecule has 0 aromatic heterocycles. The molecule has 0 amide bonds. The lowest BCUT2D eigenvalue weighted by Crippen LogP contribution is -2.39. The summed E-state index contributed by atoms with van der Waals surface area (Å²) in [6, 6.07) is 5.67. The highest BCUT2D eigenvalue weighted by atomic mass is 32.2. The Morgan fingerprint density at radius 3 is 2.11 bits per heavy atom. The first-order chi connectivity index (χ1) is 8.77. The van der Waals surface area contributed by atoms with Crippen LogP contribution in [-0.4, -0.2) is 27.5 Å². The van der Waals surface area contributed by atoms with Crippen LogP contribution in [0.4, 0.5) is 0 Å². The third-order valence-electron chi connectivity index (χ3n) is 2.74. The van der Waals surface area contributed by atoms with Crippen molar-refractivity contribution in [2.24, 2.45) is 0 Å². The summed E-state index contributed by atoms with van der Waals surface area (Å²) in [4.78, 5) is 11.3. The van der Waals surface area contributed by atoms with Gasteiger partial charge < -0.3 is 4.74 Å². The van der Waals surface area contributed by atoms with Gasteiger partial charge in [0.2, 0.25) is 10.0 Å². The maximum Gasteiger partial charge on any atom is 0.323 e. The van der Waals surface area contributed by atoms with Crippen LogP contribution in [0.3, 0.4) is 0 Å². The first-order valence-corrected chi connectivity index (χ1v) is 7.46. The first kappa shape index (κ1) is 15.7. The van der Waals surface area contributed by atoms with E-state index in [2.05, 4.69) is 9.46 Å². The zero-order chi connectivity index (χ0) is 14.6. The van der Waals surface area contributed by atoms with Gasteiger partial charge in [-0.15, -0.1) is 0 Å². The molecule has 6 heteroatoms. The molecule has 0 heterocycles. The fourth-order valence-electron chi connectivity index (χ4n) is 1.56. The van der Waals surface area contributed by atoms with Crippen LogP contribution in [0.5, 0.6) is 0 Å². The van der Waals surface area contributed by atoms with E-state index in [9.17, 15) is 13.2 Å². The highest BCUT2D eigenvalue weighted by Crippen LogP contribution is 2.17. The minimum absolute atomic E-state index is 0.132. The van der Waals surface area contributed by atoms with Gasteiger partial charge in [0, 0.05) is 0 Å². The van der Waals surface area contributed by atoms with Gasteiger partial charge in [0.15, 0.2) is 0 Å². The molecule has 0 unspecified atom stereocenters.